The Balaban J connectivity index is 2.29. The summed E-state index contributed by atoms with van der Waals surface area (Å²) in [6.07, 6.45) is 3.88. The van der Waals surface area contributed by atoms with Crippen molar-refractivity contribution >= 4 is 24.0 Å². The second kappa shape index (κ2) is 5.32. The number of thioether (sulfide) groups is 1. The number of nitrogens with zero attached hydrogens (tertiary/aromatic N) is 1. The van der Waals surface area contributed by atoms with Crippen LogP contribution in [0.25, 0.3) is 0 Å². The van der Waals surface area contributed by atoms with Crippen LogP contribution in [0.1, 0.15) is 55.8 Å². The summed E-state index contributed by atoms with van der Waals surface area (Å²) in [5.41, 5.74) is 1.21. The van der Waals surface area contributed by atoms with Crippen molar-refractivity contribution in [3.8, 4) is 0 Å². The molecule has 0 spiro atoms. The van der Waals surface area contributed by atoms with Crippen LogP contribution in [0, 0.1) is 4.64 Å². The van der Waals surface area contributed by atoms with Crippen molar-refractivity contribution in [2.45, 2.75) is 44.3 Å². The molecule has 2 heterocycles. The highest BCUT2D eigenvalue weighted by Crippen LogP contribution is 2.36. The van der Waals surface area contributed by atoms with Gasteiger partial charge < -0.3 is 4.98 Å². The van der Waals surface area contributed by atoms with Gasteiger partial charge in [0.15, 0.2) is 0 Å². The van der Waals surface area contributed by atoms with Gasteiger partial charge in [0.1, 0.15) is 10.5 Å². The minimum absolute atomic E-state index is 0.483. The van der Waals surface area contributed by atoms with E-state index in [1.165, 1.54) is 30.7 Å². The fourth-order valence-corrected chi connectivity index (χ4v) is 3.40. The van der Waals surface area contributed by atoms with Crippen molar-refractivity contribution in [2.75, 3.05) is 5.75 Å². The van der Waals surface area contributed by atoms with E-state index in [0.717, 1.165) is 10.5 Å². The Kier molecular flexibility index (Phi) is 4.03. The van der Waals surface area contributed by atoms with Crippen molar-refractivity contribution < 1.29 is 0 Å². The number of aromatic nitrogens is 2. The molecular weight excluding hydrogens is 236 g/mol. The Morgan fingerprint density at radius 2 is 2.31 bits per heavy atom. The third-order valence-electron chi connectivity index (χ3n) is 2.89. The molecule has 16 heavy (non-hydrogen) atoms. The van der Waals surface area contributed by atoms with Crippen LogP contribution in [0.3, 0.4) is 0 Å². The SMILES string of the molecule is CC(C)c1cc(=S)nc(C2CCCCS2)[nH]1. The van der Waals surface area contributed by atoms with Crippen molar-refractivity contribution in [2.24, 2.45) is 0 Å². The van der Waals surface area contributed by atoms with E-state index in [2.05, 4.69) is 23.8 Å². The monoisotopic (exact) mass is 254 g/mol. The third kappa shape index (κ3) is 2.86. The van der Waals surface area contributed by atoms with Gasteiger partial charge >= 0.3 is 0 Å². The van der Waals surface area contributed by atoms with Gasteiger partial charge in [0, 0.05) is 5.69 Å². The van der Waals surface area contributed by atoms with E-state index in [0.29, 0.717) is 11.2 Å². The maximum absolute atomic E-state index is 5.24. The van der Waals surface area contributed by atoms with Gasteiger partial charge in [0.05, 0.1) is 5.25 Å². The lowest BCUT2D eigenvalue weighted by molar-refractivity contribution is 0.653. The molecule has 0 aromatic carbocycles. The quantitative estimate of drug-likeness (QED) is 0.801. The van der Waals surface area contributed by atoms with Crippen LogP contribution in [-0.2, 0) is 0 Å². The molecule has 0 amide bonds. The Morgan fingerprint density at radius 1 is 1.50 bits per heavy atom. The lowest BCUT2D eigenvalue weighted by Gasteiger charge is -2.21. The van der Waals surface area contributed by atoms with Crippen molar-refractivity contribution in [3.05, 3.63) is 22.2 Å². The fraction of sp³-hybridized carbons (Fsp3) is 0.667. The predicted octanol–water partition coefficient (Wildman–Crippen LogP) is 4.22. The molecular formula is C12H18N2S2. The number of H-pyrrole nitrogens is 1. The molecule has 0 radical (unpaired) electrons. The normalized spacial score (nSPS) is 21.3. The average Bonchev–Trinajstić information content (AvgIpc) is 2.29. The Labute approximate surface area is 106 Å². The van der Waals surface area contributed by atoms with Crippen LogP contribution in [0.15, 0.2) is 6.07 Å². The molecule has 2 rings (SSSR count). The molecule has 1 saturated heterocycles. The number of rotatable bonds is 2. The van der Waals surface area contributed by atoms with Gasteiger partial charge in [-0.15, -0.1) is 0 Å². The van der Waals surface area contributed by atoms with Crippen molar-refractivity contribution in [3.63, 3.8) is 0 Å². The molecule has 0 saturated carbocycles. The summed E-state index contributed by atoms with van der Waals surface area (Å²) < 4.78 is 0.726. The molecule has 0 bridgehead atoms. The standard InChI is InChI=1S/C12H18N2S2/c1-8(2)9-7-11(15)14-12(13-9)10-5-3-4-6-16-10/h7-8,10H,3-6H2,1-2H3,(H,13,14,15). The average molecular weight is 254 g/mol. The summed E-state index contributed by atoms with van der Waals surface area (Å²) >= 11 is 7.24. The summed E-state index contributed by atoms with van der Waals surface area (Å²) in [5.74, 6) is 2.82. The molecule has 1 aliphatic heterocycles. The maximum atomic E-state index is 5.24. The van der Waals surface area contributed by atoms with Gasteiger partial charge in [0.2, 0.25) is 0 Å². The molecule has 2 nitrogen and oxygen atoms in total. The van der Waals surface area contributed by atoms with E-state index in [1.54, 1.807) is 0 Å². The number of hydrogen-bond donors (Lipinski definition) is 1. The number of aromatic amines is 1. The molecule has 1 aliphatic rings. The zero-order valence-corrected chi connectivity index (χ0v) is 11.5. The fourth-order valence-electron chi connectivity index (χ4n) is 1.92. The molecule has 88 valence electrons. The highest BCUT2D eigenvalue weighted by molar-refractivity contribution is 7.99. The van der Waals surface area contributed by atoms with E-state index in [9.17, 15) is 0 Å². The van der Waals surface area contributed by atoms with Gasteiger partial charge in [-0.05, 0) is 30.6 Å². The lowest BCUT2D eigenvalue weighted by atomic mass is 10.1. The molecule has 1 aromatic rings. The van der Waals surface area contributed by atoms with Gasteiger partial charge in [0.25, 0.3) is 0 Å². The summed E-state index contributed by atoms with van der Waals surface area (Å²) in [7, 11) is 0. The highest BCUT2D eigenvalue weighted by atomic mass is 32.2. The molecule has 1 fully saturated rings. The number of hydrogen-bond acceptors (Lipinski definition) is 3. The van der Waals surface area contributed by atoms with Gasteiger partial charge in [-0.2, -0.15) is 11.8 Å². The Bertz CT molecular complexity index is 406. The molecule has 4 heteroatoms. The van der Waals surface area contributed by atoms with E-state index in [4.69, 9.17) is 12.2 Å². The minimum atomic E-state index is 0.483. The minimum Gasteiger partial charge on any atom is -0.346 e. The zero-order valence-electron chi connectivity index (χ0n) is 9.82. The van der Waals surface area contributed by atoms with Gasteiger partial charge in [-0.3, -0.25) is 0 Å². The topological polar surface area (TPSA) is 28.7 Å². The lowest BCUT2D eigenvalue weighted by Crippen LogP contribution is -2.08. The first kappa shape index (κ1) is 12.1. The van der Waals surface area contributed by atoms with Crippen molar-refractivity contribution in [1.82, 2.24) is 9.97 Å². The highest BCUT2D eigenvalue weighted by Gasteiger charge is 2.18. The third-order valence-corrected chi connectivity index (χ3v) is 4.48. The van der Waals surface area contributed by atoms with E-state index in [1.807, 2.05) is 17.8 Å². The Morgan fingerprint density at radius 3 is 2.94 bits per heavy atom. The smallest absolute Gasteiger partial charge is 0.130 e. The van der Waals surface area contributed by atoms with Crippen LogP contribution in [0.5, 0.6) is 0 Å². The van der Waals surface area contributed by atoms with Crippen LogP contribution in [0.4, 0.5) is 0 Å². The molecule has 1 aromatic heterocycles. The predicted molar refractivity (Wildman–Crippen MR) is 72.6 cm³/mol. The largest absolute Gasteiger partial charge is 0.346 e. The van der Waals surface area contributed by atoms with Crippen LogP contribution in [-0.4, -0.2) is 15.7 Å². The van der Waals surface area contributed by atoms with Crippen molar-refractivity contribution in [1.29, 1.82) is 0 Å². The molecule has 0 aliphatic carbocycles. The second-order valence-corrected chi connectivity index (χ2v) is 6.30. The van der Waals surface area contributed by atoms with Gasteiger partial charge in [-0.1, -0.05) is 32.5 Å². The van der Waals surface area contributed by atoms with Crippen LogP contribution < -0.4 is 0 Å². The summed E-state index contributed by atoms with van der Waals surface area (Å²) in [6.45, 7) is 4.36. The van der Waals surface area contributed by atoms with E-state index >= 15 is 0 Å². The molecule has 1 N–H and O–H groups in total. The Hall–Kier alpha value is -0.350. The summed E-state index contributed by atoms with van der Waals surface area (Å²) in [4.78, 5) is 7.93. The summed E-state index contributed by atoms with van der Waals surface area (Å²) in [5, 5.41) is 0.522. The van der Waals surface area contributed by atoms with E-state index < -0.39 is 0 Å². The first-order valence-electron chi connectivity index (χ1n) is 5.89. The second-order valence-electron chi connectivity index (χ2n) is 4.57. The number of nitrogens with one attached hydrogen (secondary N) is 1. The zero-order chi connectivity index (χ0) is 11.5. The van der Waals surface area contributed by atoms with E-state index in [-0.39, 0.29) is 0 Å². The first-order valence-corrected chi connectivity index (χ1v) is 7.35. The van der Waals surface area contributed by atoms with Gasteiger partial charge in [-0.25, -0.2) is 4.98 Å². The van der Waals surface area contributed by atoms with Crippen LogP contribution >= 0.6 is 24.0 Å². The molecule has 1 atom stereocenters. The van der Waals surface area contributed by atoms with Crippen LogP contribution in [0.2, 0.25) is 0 Å². The first-order chi connectivity index (χ1) is 7.66. The molecule has 1 unspecified atom stereocenters. The maximum Gasteiger partial charge on any atom is 0.130 e. The summed E-state index contributed by atoms with van der Waals surface area (Å²) in [6, 6.07) is 1.98.